The number of nitrogens with two attached hydrogens (primary N) is 1. The highest BCUT2D eigenvalue weighted by Gasteiger charge is 2.21. The highest BCUT2D eigenvalue weighted by molar-refractivity contribution is 5.83. The average Bonchev–Trinajstić information content (AvgIpc) is 2.24. The van der Waals surface area contributed by atoms with Gasteiger partial charge < -0.3 is 10.8 Å². The fourth-order valence-corrected chi connectivity index (χ4v) is 1.53. The summed E-state index contributed by atoms with van der Waals surface area (Å²) in [5, 5.41) is 9.64. The van der Waals surface area contributed by atoms with Gasteiger partial charge in [-0.2, -0.15) is 0 Å². The number of hydrogen-bond acceptors (Lipinski definition) is 3. The molecule has 0 aromatic heterocycles. The van der Waals surface area contributed by atoms with Crippen LogP contribution in [0.15, 0.2) is 0 Å². The first-order chi connectivity index (χ1) is 7.13. The maximum atomic E-state index is 11.5. The van der Waals surface area contributed by atoms with E-state index in [-0.39, 0.29) is 11.8 Å². The van der Waals surface area contributed by atoms with Crippen LogP contribution in [-0.2, 0) is 4.79 Å². The average molecular weight is 215 g/mol. The van der Waals surface area contributed by atoms with Crippen LogP contribution < -0.4 is 5.73 Å². The van der Waals surface area contributed by atoms with Crippen molar-refractivity contribution >= 4 is 5.78 Å². The molecule has 0 saturated carbocycles. The summed E-state index contributed by atoms with van der Waals surface area (Å²) in [6.07, 6.45) is 5.27. The monoisotopic (exact) mass is 215 g/mol. The molecular formula is C12H25NO2. The smallest absolute Gasteiger partial charge is 0.162 e. The van der Waals surface area contributed by atoms with E-state index in [1.807, 2.05) is 0 Å². The third-order valence-corrected chi connectivity index (χ3v) is 2.65. The zero-order chi connectivity index (χ0) is 11.7. The second-order valence-electron chi connectivity index (χ2n) is 4.17. The summed E-state index contributed by atoms with van der Waals surface area (Å²) in [5.74, 6) is -0.0907. The topological polar surface area (TPSA) is 63.3 Å². The van der Waals surface area contributed by atoms with Crippen LogP contribution in [0.2, 0.25) is 0 Å². The van der Waals surface area contributed by atoms with Gasteiger partial charge in [-0.05, 0) is 12.8 Å². The van der Waals surface area contributed by atoms with Crippen molar-refractivity contribution in [1.82, 2.24) is 0 Å². The molecule has 0 unspecified atom stereocenters. The molecule has 3 N–H and O–H groups in total. The summed E-state index contributed by atoms with van der Waals surface area (Å²) in [6, 6.07) is -0.376. The van der Waals surface area contributed by atoms with Crippen LogP contribution in [0.3, 0.4) is 0 Å². The largest absolute Gasteiger partial charge is 0.384 e. The van der Waals surface area contributed by atoms with Crippen molar-refractivity contribution in [3.63, 3.8) is 0 Å². The quantitative estimate of drug-likeness (QED) is 0.578. The molecule has 0 aromatic rings. The Morgan fingerprint density at radius 2 is 1.80 bits per heavy atom. The zero-order valence-electron chi connectivity index (χ0n) is 10.0. The maximum Gasteiger partial charge on any atom is 0.162 e. The number of Topliss-reactive ketones (excluding diaryl/α,β-unsaturated/α-hetero) is 1. The lowest BCUT2D eigenvalue weighted by Crippen LogP contribution is -2.40. The molecule has 0 bridgehead atoms. The fraction of sp³-hybridized carbons (Fsp3) is 0.917. The Bertz CT molecular complexity index is 171. The van der Waals surface area contributed by atoms with Crippen molar-refractivity contribution < 1.29 is 9.90 Å². The molecule has 0 aliphatic rings. The Kier molecular flexibility index (Phi) is 8.62. The molecule has 0 rings (SSSR count). The number of carbonyl (C=O) groups is 1. The van der Waals surface area contributed by atoms with E-state index in [0.717, 1.165) is 38.5 Å². The molecule has 3 nitrogen and oxygen atoms in total. The predicted molar refractivity (Wildman–Crippen MR) is 62.7 cm³/mol. The van der Waals surface area contributed by atoms with Gasteiger partial charge in [-0.15, -0.1) is 0 Å². The van der Waals surface area contributed by atoms with Gasteiger partial charge in [-0.3, -0.25) is 4.79 Å². The number of hydrogen-bond donors (Lipinski definition) is 2. The molecule has 0 radical (unpaired) electrons. The van der Waals surface area contributed by atoms with E-state index in [1.54, 1.807) is 0 Å². The maximum absolute atomic E-state index is 11.5. The van der Waals surface area contributed by atoms with Gasteiger partial charge in [0, 0.05) is 12.5 Å². The van der Waals surface area contributed by atoms with Crippen molar-refractivity contribution in [1.29, 1.82) is 0 Å². The molecular weight excluding hydrogens is 190 g/mol. The van der Waals surface area contributed by atoms with Gasteiger partial charge in [0.25, 0.3) is 0 Å². The van der Waals surface area contributed by atoms with Crippen molar-refractivity contribution in [2.45, 2.75) is 70.9 Å². The van der Waals surface area contributed by atoms with Gasteiger partial charge in [-0.1, -0.05) is 39.5 Å². The Hall–Kier alpha value is -0.410. The van der Waals surface area contributed by atoms with Crippen molar-refractivity contribution in [2.75, 3.05) is 0 Å². The molecule has 15 heavy (non-hydrogen) atoms. The lowest BCUT2D eigenvalue weighted by atomic mass is 9.98. The summed E-state index contributed by atoms with van der Waals surface area (Å²) in [5.41, 5.74) is 5.74. The zero-order valence-corrected chi connectivity index (χ0v) is 10.0. The van der Waals surface area contributed by atoms with E-state index in [0.29, 0.717) is 6.42 Å². The van der Waals surface area contributed by atoms with Gasteiger partial charge in [-0.25, -0.2) is 0 Å². The molecule has 90 valence electrons. The molecule has 0 saturated heterocycles. The first kappa shape index (κ1) is 14.6. The minimum Gasteiger partial charge on any atom is -0.384 e. The molecule has 3 heteroatoms. The number of rotatable bonds is 9. The fourth-order valence-electron chi connectivity index (χ4n) is 1.53. The van der Waals surface area contributed by atoms with Crippen molar-refractivity contribution in [3.8, 4) is 0 Å². The van der Waals surface area contributed by atoms with E-state index < -0.39 is 6.10 Å². The van der Waals surface area contributed by atoms with Gasteiger partial charge in [0.1, 0.15) is 6.10 Å². The SMILES string of the molecule is CCCCCC(=O)[C@@H](O)[C@@H](N)CCCC. The number of ketones is 1. The molecule has 0 aliphatic carbocycles. The highest BCUT2D eigenvalue weighted by Crippen LogP contribution is 2.08. The van der Waals surface area contributed by atoms with Crippen LogP contribution in [0.1, 0.15) is 58.8 Å². The minimum atomic E-state index is -0.951. The van der Waals surface area contributed by atoms with Crippen LogP contribution in [0, 0.1) is 0 Å². The van der Waals surface area contributed by atoms with E-state index in [2.05, 4.69) is 13.8 Å². The first-order valence-corrected chi connectivity index (χ1v) is 6.09. The Labute approximate surface area is 93.0 Å². The third kappa shape index (κ3) is 6.63. The molecule has 2 atom stereocenters. The molecule has 0 amide bonds. The van der Waals surface area contributed by atoms with E-state index in [4.69, 9.17) is 5.73 Å². The molecule has 0 spiro atoms. The summed E-state index contributed by atoms with van der Waals surface area (Å²) in [6.45, 7) is 4.16. The number of unbranched alkanes of at least 4 members (excludes halogenated alkanes) is 3. The number of aliphatic hydroxyl groups is 1. The van der Waals surface area contributed by atoms with Crippen molar-refractivity contribution in [2.24, 2.45) is 5.73 Å². The number of aliphatic hydroxyl groups excluding tert-OH is 1. The van der Waals surface area contributed by atoms with Gasteiger partial charge in [0.15, 0.2) is 5.78 Å². The molecule has 0 heterocycles. The van der Waals surface area contributed by atoms with Gasteiger partial charge in [0.05, 0.1) is 0 Å². The first-order valence-electron chi connectivity index (χ1n) is 6.09. The van der Waals surface area contributed by atoms with Gasteiger partial charge in [0.2, 0.25) is 0 Å². The Morgan fingerprint density at radius 1 is 1.20 bits per heavy atom. The van der Waals surface area contributed by atoms with E-state index in [1.165, 1.54) is 0 Å². The summed E-state index contributed by atoms with van der Waals surface area (Å²) >= 11 is 0. The lowest BCUT2D eigenvalue weighted by molar-refractivity contribution is -0.128. The summed E-state index contributed by atoms with van der Waals surface area (Å²) in [4.78, 5) is 11.5. The second-order valence-corrected chi connectivity index (χ2v) is 4.17. The standard InChI is InChI=1S/C12H25NO2/c1-3-5-7-9-11(14)12(15)10(13)8-6-4-2/h10,12,15H,3-9,13H2,1-2H3/t10-,12-/m0/s1. The van der Waals surface area contributed by atoms with Crippen molar-refractivity contribution in [3.05, 3.63) is 0 Å². The lowest BCUT2D eigenvalue weighted by Gasteiger charge is -2.17. The van der Waals surface area contributed by atoms with E-state index >= 15 is 0 Å². The Morgan fingerprint density at radius 3 is 2.33 bits per heavy atom. The van der Waals surface area contributed by atoms with Crippen LogP contribution in [0.4, 0.5) is 0 Å². The molecule has 0 aliphatic heterocycles. The summed E-state index contributed by atoms with van der Waals surface area (Å²) in [7, 11) is 0. The normalized spacial score (nSPS) is 14.9. The van der Waals surface area contributed by atoms with Crippen LogP contribution in [0.25, 0.3) is 0 Å². The third-order valence-electron chi connectivity index (χ3n) is 2.65. The van der Waals surface area contributed by atoms with Crippen LogP contribution >= 0.6 is 0 Å². The Balaban J connectivity index is 3.75. The molecule has 0 aromatic carbocycles. The summed E-state index contributed by atoms with van der Waals surface area (Å²) < 4.78 is 0. The minimum absolute atomic E-state index is 0.0907. The molecule has 0 fully saturated rings. The highest BCUT2D eigenvalue weighted by atomic mass is 16.3. The van der Waals surface area contributed by atoms with E-state index in [9.17, 15) is 9.90 Å². The predicted octanol–water partition coefficient (Wildman–Crippen LogP) is 2.01. The number of carbonyl (C=O) groups excluding carboxylic acids is 1. The van der Waals surface area contributed by atoms with Crippen LogP contribution in [-0.4, -0.2) is 23.0 Å². The van der Waals surface area contributed by atoms with Gasteiger partial charge >= 0.3 is 0 Å². The van der Waals surface area contributed by atoms with Crippen LogP contribution in [0.5, 0.6) is 0 Å². The second kappa shape index (κ2) is 8.86.